The van der Waals surface area contributed by atoms with Crippen molar-refractivity contribution in [3.8, 4) is 11.5 Å². The summed E-state index contributed by atoms with van der Waals surface area (Å²) in [4.78, 5) is 2.27. The van der Waals surface area contributed by atoms with Crippen molar-refractivity contribution >= 4 is 0 Å². The lowest BCUT2D eigenvalue weighted by atomic mass is 9.83. The van der Waals surface area contributed by atoms with Crippen LogP contribution in [0.15, 0.2) is 55.1 Å². The lowest BCUT2D eigenvalue weighted by Gasteiger charge is -2.39. The SMILES string of the molecule is C=CCc1cccc(CN2CCC(O)(c3ccccc3OC)CC2)c1O. The molecule has 0 saturated carbocycles. The van der Waals surface area contributed by atoms with Crippen molar-refractivity contribution in [1.82, 2.24) is 4.90 Å². The van der Waals surface area contributed by atoms with Gasteiger partial charge in [-0.2, -0.15) is 0 Å². The predicted molar refractivity (Wildman–Crippen MR) is 103 cm³/mol. The molecule has 4 nitrogen and oxygen atoms in total. The highest BCUT2D eigenvalue weighted by atomic mass is 16.5. The van der Waals surface area contributed by atoms with Crippen molar-refractivity contribution in [2.45, 2.75) is 31.4 Å². The molecule has 3 rings (SSSR count). The van der Waals surface area contributed by atoms with Gasteiger partial charge < -0.3 is 14.9 Å². The first kappa shape index (κ1) is 18.5. The molecular formula is C22H27NO3. The lowest BCUT2D eigenvalue weighted by molar-refractivity contribution is -0.0293. The smallest absolute Gasteiger partial charge is 0.124 e. The average Bonchev–Trinajstić information content (AvgIpc) is 2.67. The molecule has 0 atom stereocenters. The number of phenolic OH excluding ortho intramolecular Hbond substituents is 1. The van der Waals surface area contributed by atoms with Crippen LogP contribution in [0, 0.1) is 0 Å². The van der Waals surface area contributed by atoms with Gasteiger partial charge in [0.2, 0.25) is 0 Å². The molecule has 0 radical (unpaired) electrons. The Bertz CT molecular complexity index is 764. The fourth-order valence-electron chi connectivity index (χ4n) is 3.71. The summed E-state index contributed by atoms with van der Waals surface area (Å²) in [6.45, 7) is 5.95. The van der Waals surface area contributed by atoms with Gasteiger partial charge in [0.05, 0.1) is 12.7 Å². The summed E-state index contributed by atoms with van der Waals surface area (Å²) in [6.07, 6.45) is 3.74. The summed E-state index contributed by atoms with van der Waals surface area (Å²) < 4.78 is 5.42. The second-order valence-corrected chi connectivity index (χ2v) is 6.93. The summed E-state index contributed by atoms with van der Waals surface area (Å²) in [5.74, 6) is 1.09. The van der Waals surface area contributed by atoms with E-state index in [-0.39, 0.29) is 0 Å². The van der Waals surface area contributed by atoms with Crippen LogP contribution in [0.2, 0.25) is 0 Å². The quantitative estimate of drug-likeness (QED) is 0.779. The van der Waals surface area contributed by atoms with Crippen molar-refractivity contribution < 1.29 is 14.9 Å². The third-order valence-corrected chi connectivity index (χ3v) is 5.25. The van der Waals surface area contributed by atoms with E-state index in [0.29, 0.717) is 31.6 Å². The maximum atomic E-state index is 11.1. The first-order chi connectivity index (χ1) is 12.6. The molecule has 1 aliphatic heterocycles. The summed E-state index contributed by atoms with van der Waals surface area (Å²) in [5.41, 5.74) is 1.82. The van der Waals surface area contributed by atoms with Crippen LogP contribution in [-0.2, 0) is 18.6 Å². The third kappa shape index (κ3) is 3.76. The van der Waals surface area contributed by atoms with Crippen LogP contribution in [0.25, 0.3) is 0 Å². The number of methoxy groups -OCH3 is 1. The van der Waals surface area contributed by atoms with Gasteiger partial charge in [-0.15, -0.1) is 6.58 Å². The number of likely N-dealkylation sites (tertiary alicyclic amines) is 1. The molecule has 0 spiro atoms. The van der Waals surface area contributed by atoms with E-state index >= 15 is 0 Å². The fraction of sp³-hybridized carbons (Fsp3) is 0.364. The number of nitrogens with zero attached hydrogens (tertiary/aromatic N) is 1. The van der Waals surface area contributed by atoms with Gasteiger partial charge in [0.1, 0.15) is 11.5 Å². The topological polar surface area (TPSA) is 52.9 Å². The predicted octanol–water partition coefficient (Wildman–Crippen LogP) is 3.61. The summed E-state index contributed by atoms with van der Waals surface area (Å²) in [7, 11) is 1.64. The largest absolute Gasteiger partial charge is 0.507 e. The Labute approximate surface area is 155 Å². The van der Waals surface area contributed by atoms with Gasteiger partial charge in [-0.25, -0.2) is 0 Å². The molecule has 1 heterocycles. The number of hydrogen-bond donors (Lipinski definition) is 2. The number of aromatic hydroxyl groups is 1. The van der Waals surface area contributed by atoms with Gasteiger partial charge in [-0.3, -0.25) is 4.90 Å². The Hall–Kier alpha value is -2.30. The van der Waals surface area contributed by atoms with Crippen LogP contribution in [0.3, 0.4) is 0 Å². The molecule has 26 heavy (non-hydrogen) atoms. The van der Waals surface area contributed by atoms with E-state index in [1.807, 2.05) is 42.5 Å². The Kier molecular flexibility index (Phi) is 5.64. The number of benzene rings is 2. The molecule has 0 unspecified atom stereocenters. The van der Waals surface area contributed by atoms with E-state index < -0.39 is 5.60 Å². The summed E-state index contributed by atoms with van der Waals surface area (Å²) in [5, 5.41) is 21.6. The number of hydrogen-bond acceptors (Lipinski definition) is 4. The number of rotatable bonds is 6. The maximum Gasteiger partial charge on any atom is 0.124 e. The van der Waals surface area contributed by atoms with E-state index in [9.17, 15) is 10.2 Å². The molecule has 138 valence electrons. The molecule has 2 aromatic carbocycles. The van der Waals surface area contributed by atoms with Crippen LogP contribution >= 0.6 is 0 Å². The second-order valence-electron chi connectivity index (χ2n) is 6.93. The minimum absolute atomic E-state index is 0.359. The van der Waals surface area contributed by atoms with Crippen molar-refractivity contribution in [3.05, 3.63) is 71.8 Å². The monoisotopic (exact) mass is 353 g/mol. The number of allylic oxidation sites excluding steroid dienone is 1. The zero-order valence-electron chi connectivity index (χ0n) is 15.3. The Morgan fingerprint density at radius 2 is 1.81 bits per heavy atom. The summed E-state index contributed by atoms with van der Waals surface area (Å²) in [6, 6.07) is 13.6. The molecule has 0 aromatic heterocycles. The molecule has 1 fully saturated rings. The number of phenols is 1. The van der Waals surface area contributed by atoms with Crippen LogP contribution < -0.4 is 4.74 Å². The highest BCUT2D eigenvalue weighted by Gasteiger charge is 2.36. The second kappa shape index (κ2) is 7.94. The van der Waals surface area contributed by atoms with Gasteiger partial charge in [0.15, 0.2) is 0 Å². The molecule has 0 bridgehead atoms. The molecule has 0 aliphatic carbocycles. The van der Waals surface area contributed by atoms with Crippen LogP contribution in [0.5, 0.6) is 11.5 Å². The molecule has 1 saturated heterocycles. The first-order valence-electron chi connectivity index (χ1n) is 9.06. The Morgan fingerprint density at radius 1 is 1.12 bits per heavy atom. The van der Waals surface area contributed by atoms with E-state index in [2.05, 4.69) is 11.5 Å². The Balaban J connectivity index is 1.69. The van der Waals surface area contributed by atoms with Crippen molar-refractivity contribution in [3.63, 3.8) is 0 Å². The molecule has 0 amide bonds. The molecular weight excluding hydrogens is 326 g/mol. The standard InChI is InChI=1S/C22H27NO3/c1-3-7-17-8-6-9-18(21(17)24)16-23-14-12-22(25,13-15-23)19-10-4-5-11-20(19)26-2/h3-6,8-11,24-25H,1,7,12-16H2,2H3. The van der Waals surface area contributed by atoms with Crippen molar-refractivity contribution in [2.75, 3.05) is 20.2 Å². The van der Waals surface area contributed by atoms with Crippen LogP contribution in [0.1, 0.15) is 29.5 Å². The number of piperidine rings is 1. The van der Waals surface area contributed by atoms with Gasteiger partial charge in [0, 0.05) is 30.8 Å². The van der Waals surface area contributed by atoms with Gasteiger partial charge in [0.25, 0.3) is 0 Å². The molecule has 2 aromatic rings. The zero-order chi connectivity index (χ0) is 18.6. The van der Waals surface area contributed by atoms with Gasteiger partial charge >= 0.3 is 0 Å². The first-order valence-corrected chi connectivity index (χ1v) is 9.06. The zero-order valence-corrected chi connectivity index (χ0v) is 15.3. The van der Waals surface area contributed by atoms with Gasteiger partial charge in [-0.1, -0.05) is 42.5 Å². The van der Waals surface area contributed by atoms with E-state index in [0.717, 1.165) is 35.5 Å². The number of ether oxygens (including phenoxy) is 1. The number of para-hydroxylation sites is 2. The summed E-state index contributed by atoms with van der Waals surface area (Å²) >= 11 is 0. The fourth-order valence-corrected chi connectivity index (χ4v) is 3.71. The normalized spacial score (nSPS) is 17.0. The van der Waals surface area contributed by atoms with Crippen LogP contribution in [0.4, 0.5) is 0 Å². The highest BCUT2D eigenvalue weighted by molar-refractivity contribution is 5.41. The van der Waals surface area contributed by atoms with Gasteiger partial charge in [-0.05, 0) is 30.9 Å². The van der Waals surface area contributed by atoms with E-state index in [1.165, 1.54) is 0 Å². The molecule has 1 aliphatic rings. The maximum absolute atomic E-state index is 11.1. The molecule has 4 heteroatoms. The van der Waals surface area contributed by atoms with Crippen LogP contribution in [-0.4, -0.2) is 35.3 Å². The van der Waals surface area contributed by atoms with Crippen molar-refractivity contribution in [1.29, 1.82) is 0 Å². The number of aliphatic hydroxyl groups is 1. The lowest BCUT2D eigenvalue weighted by Crippen LogP contribution is -2.42. The molecule has 2 N–H and O–H groups in total. The average molecular weight is 353 g/mol. The minimum atomic E-state index is -0.865. The van der Waals surface area contributed by atoms with Crippen molar-refractivity contribution in [2.24, 2.45) is 0 Å². The van der Waals surface area contributed by atoms with E-state index in [4.69, 9.17) is 4.74 Å². The third-order valence-electron chi connectivity index (χ3n) is 5.25. The highest BCUT2D eigenvalue weighted by Crippen LogP contribution is 2.38. The minimum Gasteiger partial charge on any atom is -0.507 e. The Morgan fingerprint density at radius 3 is 2.50 bits per heavy atom. The van der Waals surface area contributed by atoms with E-state index in [1.54, 1.807) is 13.2 Å².